The molecule has 0 amide bonds. The molecule has 0 saturated heterocycles. The molecule has 1 heterocycles. The third-order valence-corrected chi connectivity index (χ3v) is 7.65. The summed E-state index contributed by atoms with van der Waals surface area (Å²) in [7, 11) is 0. The van der Waals surface area contributed by atoms with Gasteiger partial charge in [-0.1, -0.05) is 12.0 Å². The van der Waals surface area contributed by atoms with Crippen LogP contribution in [0, 0.1) is 11.8 Å². The molecule has 0 aliphatic rings. The highest BCUT2D eigenvalue weighted by Crippen LogP contribution is 2.38. The molecule has 2 aromatic carbocycles. The average molecular weight is 428 g/mol. The zero-order valence-corrected chi connectivity index (χ0v) is 18.9. The Morgan fingerprint density at radius 2 is 1.76 bits per heavy atom. The van der Waals surface area contributed by atoms with Crippen molar-refractivity contribution in [2.75, 3.05) is 0 Å². The van der Waals surface area contributed by atoms with E-state index < -0.39 is 27.6 Å². The van der Waals surface area contributed by atoms with Crippen LogP contribution in [0.15, 0.2) is 36.4 Å². The van der Waals surface area contributed by atoms with Crippen molar-refractivity contribution in [2.45, 2.75) is 51.3 Å². The van der Waals surface area contributed by atoms with E-state index in [0.717, 1.165) is 31.3 Å². The third-order valence-electron chi connectivity index (χ3n) is 4.75. The number of aliphatic carboxylic acids is 1. The molecule has 152 valence electrons. The molecule has 0 radical (unpaired) electrons. The van der Waals surface area contributed by atoms with Crippen LogP contribution >= 0.6 is 11.3 Å². The number of carboxylic acids is 1. The molecular formula is C23H25NO3S2. The van der Waals surface area contributed by atoms with E-state index >= 15 is 0 Å². The fourth-order valence-corrected chi connectivity index (χ4v) is 5.17. The number of hydrogen-bond acceptors (Lipinski definition) is 4. The Labute approximate surface area is 178 Å². The molecule has 4 nitrogen and oxygen atoms in total. The Morgan fingerprint density at radius 1 is 1.14 bits per heavy atom. The Morgan fingerprint density at radius 3 is 2.34 bits per heavy atom. The number of thiophene rings is 1. The number of hydrogen-bond donors (Lipinski definition) is 2. The van der Waals surface area contributed by atoms with E-state index in [1.807, 2.05) is 52.0 Å². The Hall–Kier alpha value is -2.04. The number of carboxylic acid groups (broad SMARTS) is 1. The highest BCUT2D eigenvalue weighted by molar-refractivity contribution is 7.90. The van der Waals surface area contributed by atoms with Crippen molar-refractivity contribution in [3.05, 3.63) is 47.5 Å². The van der Waals surface area contributed by atoms with Gasteiger partial charge in [0, 0.05) is 37.1 Å². The lowest BCUT2D eigenvalue weighted by Crippen LogP contribution is -2.50. The summed E-state index contributed by atoms with van der Waals surface area (Å²) in [5.41, 5.74) is 0.787. The molecule has 0 saturated carbocycles. The van der Waals surface area contributed by atoms with Crippen molar-refractivity contribution >= 4 is 48.8 Å². The summed E-state index contributed by atoms with van der Waals surface area (Å²) in [6.45, 7) is 9.20. The van der Waals surface area contributed by atoms with Crippen LogP contribution in [-0.2, 0) is 21.7 Å². The molecular weight excluding hydrogens is 402 g/mol. The Bertz CT molecular complexity index is 1130. The molecule has 0 spiro atoms. The zero-order chi connectivity index (χ0) is 21.4. The molecule has 1 aromatic heterocycles. The van der Waals surface area contributed by atoms with Gasteiger partial charge in [-0.2, -0.15) is 0 Å². The van der Waals surface area contributed by atoms with Crippen molar-refractivity contribution in [2.24, 2.45) is 0 Å². The van der Waals surface area contributed by atoms with E-state index in [4.69, 9.17) is 0 Å². The SMILES string of the molecule is CC#Cc1ccc2sc3ccc(C(C)(CC(=O)O)N[S+]([O-])C(C)(C)C)cc3c2c1. The summed E-state index contributed by atoms with van der Waals surface area (Å²) in [5, 5.41) is 11.7. The first-order valence-corrected chi connectivity index (χ1v) is 11.3. The van der Waals surface area contributed by atoms with Crippen molar-refractivity contribution in [3.8, 4) is 11.8 Å². The van der Waals surface area contributed by atoms with Crippen LogP contribution in [0.2, 0.25) is 0 Å². The molecule has 2 atom stereocenters. The summed E-state index contributed by atoms with van der Waals surface area (Å²) in [5.74, 6) is 5.08. The second kappa shape index (κ2) is 8.00. The summed E-state index contributed by atoms with van der Waals surface area (Å²) in [4.78, 5) is 11.6. The molecule has 0 fully saturated rings. The third kappa shape index (κ3) is 4.59. The van der Waals surface area contributed by atoms with Crippen LogP contribution < -0.4 is 4.72 Å². The fraction of sp³-hybridized carbons (Fsp3) is 0.348. The number of carbonyl (C=O) groups is 1. The standard InChI is InChI=1S/C23H25NO3S2/c1-6-7-15-8-10-19-17(12-15)18-13-16(9-11-20(18)28-19)23(5,14-21(25)26)24-29(27)22(2,3)4/h8-13,24H,14H2,1-5H3,(H,25,26). The van der Waals surface area contributed by atoms with Crippen LogP contribution in [0.25, 0.3) is 20.2 Å². The van der Waals surface area contributed by atoms with Gasteiger partial charge in [0.25, 0.3) is 0 Å². The van der Waals surface area contributed by atoms with Crippen molar-refractivity contribution in [1.82, 2.24) is 4.72 Å². The average Bonchev–Trinajstić information content (AvgIpc) is 2.97. The van der Waals surface area contributed by atoms with E-state index in [1.165, 1.54) is 0 Å². The second-order valence-electron chi connectivity index (χ2n) is 8.28. The smallest absolute Gasteiger partial charge is 0.305 e. The predicted octanol–water partition coefficient (Wildman–Crippen LogP) is 5.17. The van der Waals surface area contributed by atoms with Gasteiger partial charge in [0.15, 0.2) is 0 Å². The van der Waals surface area contributed by atoms with Gasteiger partial charge in [-0.25, -0.2) is 0 Å². The molecule has 2 N–H and O–H groups in total. The predicted molar refractivity (Wildman–Crippen MR) is 123 cm³/mol. The Kier molecular flexibility index (Phi) is 5.98. The lowest BCUT2D eigenvalue weighted by Gasteiger charge is -2.34. The van der Waals surface area contributed by atoms with Crippen LogP contribution in [0.4, 0.5) is 0 Å². The molecule has 2 unspecified atom stereocenters. The summed E-state index contributed by atoms with van der Waals surface area (Å²) in [6.07, 6.45) is -0.172. The molecule has 29 heavy (non-hydrogen) atoms. The van der Waals surface area contributed by atoms with Crippen LogP contribution in [-0.4, -0.2) is 20.4 Å². The maximum absolute atomic E-state index is 12.8. The molecule has 6 heteroatoms. The van der Waals surface area contributed by atoms with E-state index in [9.17, 15) is 14.5 Å². The minimum Gasteiger partial charge on any atom is -0.598 e. The van der Waals surface area contributed by atoms with Gasteiger partial charge in [0.1, 0.15) is 4.75 Å². The number of benzene rings is 2. The highest BCUT2D eigenvalue weighted by atomic mass is 32.2. The fourth-order valence-electron chi connectivity index (χ4n) is 3.20. The summed E-state index contributed by atoms with van der Waals surface area (Å²) >= 11 is 0.285. The van der Waals surface area contributed by atoms with Gasteiger partial charge >= 0.3 is 5.97 Å². The van der Waals surface area contributed by atoms with Crippen LogP contribution in [0.1, 0.15) is 52.2 Å². The summed E-state index contributed by atoms with van der Waals surface area (Å²) < 4.78 is 17.6. The van der Waals surface area contributed by atoms with Crippen LogP contribution in [0.5, 0.6) is 0 Å². The van der Waals surface area contributed by atoms with E-state index in [0.29, 0.717) is 0 Å². The van der Waals surface area contributed by atoms with Gasteiger partial charge < -0.3 is 9.66 Å². The summed E-state index contributed by atoms with van der Waals surface area (Å²) in [6, 6.07) is 12.1. The maximum Gasteiger partial charge on any atom is 0.305 e. The van der Waals surface area contributed by atoms with E-state index in [-0.39, 0.29) is 6.42 Å². The first-order chi connectivity index (χ1) is 13.5. The van der Waals surface area contributed by atoms with Crippen molar-refractivity contribution < 1.29 is 14.5 Å². The van der Waals surface area contributed by atoms with Gasteiger partial charge in [-0.05, 0) is 70.5 Å². The number of rotatable bonds is 5. The monoisotopic (exact) mass is 427 g/mol. The number of fused-ring (bicyclic) bond motifs is 3. The second-order valence-corrected chi connectivity index (χ2v) is 11.3. The van der Waals surface area contributed by atoms with Crippen molar-refractivity contribution in [1.29, 1.82) is 0 Å². The lowest BCUT2D eigenvalue weighted by atomic mass is 9.89. The topological polar surface area (TPSA) is 72.4 Å². The van der Waals surface area contributed by atoms with Gasteiger partial charge in [0.05, 0.1) is 12.0 Å². The first-order valence-electron chi connectivity index (χ1n) is 9.34. The minimum atomic E-state index is -1.41. The molecule has 3 rings (SSSR count). The molecule has 3 aromatic rings. The minimum absolute atomic E-state index is 0.172. The molecule has 0 bridgehead atoms. The zero-order valence-electron chi connectivity index (χ0n) is 17.3. The number of nitrogens with one attached hydrogen (secondary N) is 1. The molecule has 0 aliphatic carbocycles. The van der Waals surface area contributed by atoms with Gasteiger partial charge in [-0.3, -0.25) is 4.79 Å². The highest BCUT2D eigenvalue weighted by Gasteiger charge is 2.39. The molecule has 0 aliphatic heterocycles. The van der Waals surface area contributed by atoms with Crippen molar-refractivity contribution in [3.63, 3.8) is 0 Å². The van der Waals surface area contributed by atoms with Crippen LogP contribution in [0.3, 0.4) is 0 Å². The first kappa shape index (κ1) is 21.7. The Balaban J connectivity index is 2.15. The normalized spacial score (nSPS) is 15.0. The quantitative estimate of drug-likeness (QED) is 0.435. The largest absolute Gasteiger partial charge is 0.598 e. The lowest BCUT2D eigenvalue weighted by molar-refractivity contribution is -0.138. The van der Waals surface area contributed by atoms with Gasteiger partial charge in [0.2, 0.25) is 0 Å². The van der Waals surface area contributed by atoms with Gasteiger partial charge in [-0.15, -0.1) is 22.0 Å². The van der Waals surface area contributed by atoms with E-state index in [2.05, 4.69) is 28.7 Å². The van der Waals surface area contributed by atoms with E-state index in [1.54, 1.807) is 18.3 Å². The maximum atomic E-state index is 12.8.